The van der Waals surface area contributed by atoms with Crippen molar-refractivity contribution in [1.29, 1.82) is 0 Å². The number of halogens is 1. The SMILES string of the molecule is Cc1sc2nc(CN3CCC(O)C(C)C3)nc(Cl)c2c1C. The molecule has 114 valence electrons. The molecule has 1 fully saturated rings. The third-order valence-electron chi connectivity index (χ3n) is 4.34. The van der Waals surface area contributed by atoms with Gasteiger partial charge >= 0.3 is 0 Å². The van der Waals surface area contributed by atoms with Crippen LogP contribution in [0.15, 0.2) is 0 Å². The lowest BCUT2D eigenvalue weighted by Gasteiger charge is -2.33. The lowest BCUT2D eigenvalue weighted by molar-refractivity contribution is 0.0311. The second-order valence-corrected chi connectivity index (χ2v) is 7.52. The first-order valence-corrected chi connectivity index (χ1v) is 8.47. The van der Waals surface area contributed by atoms with Crippen LogP contribution in [0.4, 0.5) is 0 Å². The van der Waals surface area contributed by atoms with E-state index in [0.29, 0.717) is 17.6 Å². The fraction of sp³-hybridized carbons (Fsp3) is 0.600. The van der Waals surface area contributed by atoms with Gasteiger partial charge in [0.15, 0.2) is 0 Å². The number of aliphatic hydroxyl groups is 1. The summed E-state index contributed by atoms with van der Waals surface area (Å²) in [4.78, 5) is 13.7. The van der Waals surface area contributed by atoms with E-state index in [0.717, 1.165) is 35.6 Å². The maximum atomic E-state index is 9.80. The standard InChI is InChI=1S/C15H20ClN3OS/c1-8-6-19(5-4-11(8)20)7-12-17-14(16)13-9(2)10(3)21-15(13)18-12/h8,11,20H,4-7H2,1-3H3. The molecule has 0 amide bonds. The van der Waals surface area contributed by atoms with Crippen molar-refractivity contribution >= 4 is 33.2 Å². The van der Waals surface area contributed by atoms with Crippen LogP contribution < -0.4 is 0 Å². The van der Waals surface area contributed by atoms with E-state index in [1.807, 2.05) is 0 Å². The Hall–Kier alpha value is -0.750. The monoisotopic (exact) mass is 325 g/mol. The number of thiophene rings is 1. The molecule has 0 bridgehead atoms. The van der Waals surface area contributed by atoms with Crippen LogP contribution in [0.5, 0.6) is 0 Å². The van der Waals surface area contributed by atoms with Crippen molar-refractivity contribution in [3.8, 4) is 0 Å². The van der Waals surface area contributed by atoms with Crippen molar-refractivity contribution in [1.82, 2.24) is 14.9 Å². The van der Waals surface area contributed by atoms with Crippen LogP contribution in [-0.4, -0.2) is 39.2 Å². The van der Waals surface area contributed by atoms with E-state index in [4.69, 9.17) is 11.6 Å². The molecular weight excluding hydrogens is 306 g/mol. The fourth-order valence-electron chi connectivity index (χ4n) is 2.88. The minimum atomic E-state index is -0.184. The highest BCUT2D eigenvalue weighted by atomic mass is 35.5. The predicted octanol–water partition coefficient (Wildman–Crippen LogP) is 3.16. The van der Waals surface area contributed by atoms with Gasteiger partial charge in [0.05, 0.1) is 18.0 Å². The summed E-state index contributed by atoms with van der Waals surface area (Å²) in [5, 5.41) is 11.4. The lowest BCUT2D eigenvalue weighted by atomic mass is 9.97. The number of piperidine rings is 1. The average Bonchev–Trinajstić information content (AvgIpc) is 2.70. The van der Waals surface area contributed by atoms with Crippen molar-refractivity contribution < 1.29 is 5.11 Å². The van der Waals surface area contributed by atoms with Crippen LogP contribution in [0.25, 0.3) is 10.2 Å². The molecule has 0 aliphatic carbocycles. The molecule has 0 saturated carbocycles. The molecule has 3 rings (SSSR count). The van der Waals surface area contributed by atoms with Gasteiger partial charge in [-0.1, -0.05) is 18.5 Å². The van der Waals surface area contributed by atoms with Crippen LogP contribution in [0, 0.1) is 19.8 Å². The molecule has 1 aliphatic heterocycles. The molecule has 2 unspecified atom stereocenters. The van der Waals surface area contributed by atoms with Gasteiger partial charge in [0.2, 0.25) is 0 Å². The van der Waals surface area contributed by atoms with Crippen molar-refractivity contribution in [2.75, 3.05) is 13.1 Å². The van der Waals surface area contributed by atoms with E-state index in [1.165, 1.54) is 10.4 Å². The Labute approximate surface area is 133 Å². The summed E-state index contributed by atoms with van der Waals surface area (Å²) in [5.74, 6) is 1.07. The molecule has 0 radical (unpaired) electrons. The van der Waals surface area contributed by atoms with E-state index >= 15 is 0 Å². The van der Waals surface area contributed by atoms with E-state index in [-0.39, 0.29) is 6.10 Å². The van der Waals surface area contributed by atoms with Gasteiger partial charge < -0.3 is 5.11 Å². The molecule has 2 aromatic rings. The van der Waals surface area contributed by atoms with E-state index < -0.39 is 0 Å². The summed E-state index contributed by atoms with van der Waals surface area (Å²) in [6.07, 6.45) is 0.629. The van der Waals surface area contributed by atoms with E-state index in [9.17, 15) is 5.11 Å². The summed E-state index contributed by atoms with van der Waals surface area (Å²) in [5.41, 5.74) is 1.18. The van der Waals surface area contributed by atoms with Crippen LogP contribution in [0.2, 0.25) is 5.15 Å². The van der Waals surface area contributed by atoms with Gasteiger partial charge in [-0.3, -0.25) is 4.90 Å². The van der Waals surface area contributed by atoms with Crippen LogP contribution >= 0.6 is 22.9 Å². The normalized spacial score (nSPS) is 23.9. The van der Waals surface area contributed by atoms with Gasteiger partial charge in [0.1, 0.15) is 15.8 Å². The topological polar surface area (TPSA) is 49.2 Å². The van der Waals surface area contributed by atoms with Gasteiger partial charge in [-0.15, -0.1) is 11.3 Å². The van der Waals surface area contributed by atoms with Gasteiger partial charge in [-0.2, -0.15) is 0 Å². The predicted molar refractivity (Wildman–Crippen MR) is 87.0 cm³/mol. The van der Waals surface area contributed by atoms with Crippen molar-refractivity contribution in [2.24, 2.45) is 5.92 Å². The summed E-state index contributed by atoms with van der Waals surface area (Å²) in [6.45, 7) is 8.69. The molecule has 1 aliphatic rings. The highest BCUT2D eigenvalue weighted by Crippen LogP contribution is 2.33. The first-order valence-electron chi connectivity index (χ1n) is 7.28. The minimum absolute atomic E-state index is 0.184. The first kappa shape index (κ1) is 15.2. The quantitative estimate of drug-likeness (QED) is 0.862. The molecule has 6 heteroatoms. The van der Waals surface area contributed by atoms with Gasteiger partial charge in [-0.25, -0.2) is 9.97 Å². The number of aromatic nitrogens is 2. The van der Waals surface area contributed by atoms with E-state index in [1.54, 1.807) is 11.3 Å². The number of aliphatic hydroxyl groups excluding tert-OH is 1. The number of aryl methyl sites for hydroxylation is 2. The zero-order valence-electron chi connectivity index (χ0n) is 12.6. The summed E-state index contributed by atoms with van der Waals surface area (Å²) < 4.78 is 0. The Balaban J connectivity index is 1.85. The highest BCUT2D eigenvalue weighted by Gasteiger charge is 2.25. The Morgan fingerprint density at radius 2 is 2.14 bits per heavy atom. The number of nitrogens with zero attached hydrogens (tertiary/aromatic N) is 3. The van der Waals surface area contributed by atoms with Gasteiger partial charge in [0, 0.05) is 18.0 Å². The first-order chi connectivity index (χ1) is 9.95. The van der Waals surface area contributed by atoms with Crippen LogP contribution in [-0.2, 0) is 6.54 Å². The second-order valence-electron chi connectivity index (χ2n) is 5.96. The smallest absolute Gasteiger partial charge is 0.145 e. The largest absolute Gasteiger partial charge is 0.393 e. The molecule has 1 N–H and O–H groups in total. The second kappa shape index (κ2) is 5.80. The number of rotatable bonds is 2. The Morgan fingerprint density at radius 1 is 1.38 bits per heavy atom. The van der Waals surface area contributed by atoms with Crippen molar-refractivity contribution in [3.63, 3.8) is 0 Å². The number of fused-ring (bicyclic) bond motifs is 1. The highest BCUT2D eigenvalue weighted by molar-refractivity contribution is 7.18. The Morgan fingerprint density at radius 3 is 2.86 bits per heavy atom. The molecule has 1 saturated heterocycles. The third-order valence-corrected chi connectivity index (χ3v) is 5.71. The zero-order chi connectivity index (χ0) is 15.1. The van der Waals surface area contributed by atoms with Crippen molar-refractivity contribution in [3.05, 3.63) is 21.4 Å². The Bertz CT molecular complexity index is 672. The molecule has 3 heterocycles. The van der Waals surface area contributed by atoms with Crippen LogP contribution in [0.3, 0.4) is 0 Å². The minimum Gasteiger partial charge on any atom is -0.393 e. The molecule has 2 atom stereocenters. The van der Waals surface area contributed by atoms with Gasteiger partial charge in [0.25, 0.3) is 0 Å². The molecule has 4 nitrogen and oxygen atoms in total. The lowest BCUT2D eigenvalue weighted by Crippen LogP contribution is -2.41. The van der Waals surface area contributed by atoms with Gasteiger partial charge in [-0.05, 0) is 31.7 Å². The van der Waals surface area contributed by atoms with Crippen molar-refractivity contribution in [2.45, 2.75) is 39.8 Å². The average molecular weight is 326 g/mol. The summed E-state index contributed by atoms with van der Waals surface area (Å²) in [7, 11) is 0. The Kier molecular flexibility index (Phi) is 4.19. The summed E-state index contributed by atoms with van der Waals surface area (Å²) in [6, 6.07) is 0. The summed E-state index contributed by atoms with van der Waals surface area (Å²) >= 11 is 8.02. The third kappa shape index (κ3) is 2.93. The van der Waals surface area contributed by atoms with E-state index in [2.05, 4.69) is 35.6 Å². The number of likely N-dealkylation sites (tertiary alicyclic amines) is 1. The molecule has 21 heavy (non-hydrogen) atoms. The maximum absolute atomic E-state index is 9.80. The molecular formula is C15H20ClN3OS. The zero-order valence-corrected chi connectivity index (χ0v) is 14.1. The molecule has 2 aromatic heterocycles. The molecule has 0 spiro atoms. The maximum Gasteiger partial charge on any atom is 0.145 e. The number of hydrogen-bond acceptors (Lipinski definition) is 5. The van der Waals surface area contributed by atoms with Crippen LogP contribution in [0.1, 0.15) is 29.6 Å². The fourth-order valence-corrected chi connectivity index (χ4v) is 4.31. The number of hydrogen-bond donors (Lipinski definition) is 1. The molecule has 0 aromatic carbocycles.